The number of carbonyl (C=O) groups is 1. The summed E-state index contributed by atoms with van der Waals surface area (Å²) in [4.78, 5) is 17.1. The highest BCUT2D eigenvalue weighted by molar-refractivity contribution is 9.10. The van der Waals surface area contributed by atoms with Crippen LogP contribution in [-0.4, -0.2) is 46.7 Å². The van der Waals surface area contributed by atoms with Crippen molar-refractivity contribution in [3.8, 4) is 5.75 Å². The van der Waals surface area contributed by atoms with Crippen molar-refractivity contribution < 1.29 is 9.90 Å². The number of anilines is 1. The molecule has 0 aliphatic carbocycles. The molecular weight excluding hydrogens is 484 g/mol. The quantitative estimate of drug-likeness (QED) is 0.318. The van der Waals surface area contributed by atoms with E-state index in [1.807, 2.05) is 0 Å². The molecule has 0 unspecified atom stereocenters. The molecule has 1 aromatic heterocycles. The van der Waals surface area contributed by atoms with Crippen LogP contribution < -0.4 is 16.0 Å². The van der Waals surface area contributed by atoms with Gasteiger partial charge in [0, 0.05) is 36.5 Å². The Morgan fingerprint density at radius 2 is 1.97 bits per heavy atom. The van der Waals surface area contributed by atoms with Gasteiger partial charge in [-0.3, -0.25) is 14.9 Å². The minimum Gasteiger partial charge on any atom is -0.507 e. The van der Waals surface area contributed by atoms with Gasteiger partial charge in [-0.15, -0.1) is 0 Å². The van der Waals surface area contributed by atoms with Crippen LogP contribution in [0.2, 0.25) is 0 Å². The summed E-state index contributed by atoms with van der Waals surface area (Å²) in [5.41, 5.74) is 3.52. The number of H-pyrrole nitrogens is 1. The van der Waals surface area contributed by atoms with E-state index < -0.39 is 0 Å². The lowest BCUT2D eigenvalue weighted by atomic mass is 10.1. The molecule has 0 atom stereocenters. The second kappa shape index (κ2) is 10.4. The molecule has 1 aliphatic heterocycles. The first-order valence-corrected chi connectivity index (χ1v) is 11.5. The Bertz CT molecular complexity index is 1190. The fourth-order valence-electron chi connectivity index (χ4n) is 3.46. The van der Waals surface area contributed by atoms with Crippen molar-refractivity contribution in [3.63, 3.8) is 0 Å². The number of phenolic OH excluding ortho intramolecular Hbond substituents is 1. The van der Waals surface area contributed by atoms with Crippen molar-refractivity contribution in [1.82, 2.24) is 20.8 Å². The highest BCUT2D eigenvalue weighted by atomic mass is 79.9. The number of aromatic amines is 1. The molecule has 0 saturated heterocycles. The van der Waals surface area contributed by atoms with Crippen LogP contribution in [0.1, 0.15) is 33.6 Å². The number of hydrogen-bond donors (Lipinski definition) is 5. The summed E-state index contributed by atoms with van der Waals surface area (Å²) >= 11 is 3.42. The molecule has 5 N–H and O–H groups in total. The molecule has 0 saturated carbocycles. The Hall–Kier alpha value is -3.59. The standard InChI is InChI=1S/C24H25BrN6O2/c1-15(18-5-2-3-6-19(18)32)29-23-20(25)21(30-31-23)24(33)28-14-11-16-7-9-17(10-8-16)22-26-12-4-13-27-22/h2-3,5-10,32H,1,4,11-14H2,(H,26,27)(H,28,33)(H2,29,30,31). The number of amidine groups is 1. The normalized spacial score (nSPS) is 13.1. The number of nitrogens with zero attached hydrogens (tertiary/aromatic N) is 2. The summed E-state index contributed by atoms with van der Waals surface area (Å²) < 4.78 is 0.488. The highest BCUT2D eigenvalue weighted by Gasteiger charge is 2.18. The van der Waals surface area contributed by atoms with Crippen LogP contribution in [0.5, 0.6) is 5.75 Å². The molecule has 1 aliphatic rings. The van der Waals surface area contributed by atoms with E-state index in [-0.39, 0.29) is 11.7 Å². The molecule has 9 heteroatoms. The smallest absolute Gasteiger partial charge is 0.270 e. The second-order valence-corrected chi connectivity index (χ2v) is 8.39. The maximum atomic E-state index is 12.6. The van der Waals surface area contributed by atoms with E-state index in [2.05, 4.69) is 77.9 Å². The van der Waals surface area contributed by atoms with Gasteiger partial charge in [-0.2, -0.15) is 5.10 Å². The van der Waals surface area contributed by atoms with E-state index >= 15 is 0 Å². The van der Waals surface area contributed by atoms with Crippen LogP contribution in [0.4, 0.5) is 5.82 Å². The van der Waals surface area contributed by atoms with Gasteiger partial charge in [-0.25, -0.2) is 0 Å². The van der Waals surface area contributed by atoms with Crippen LogP contribution in [0.3, 0.4) is 0 Å². The number of nitrogens with one attached hydrogen (secondary N) is 4. The Kier molecular flexibility index (Phi) is 7.09. The molecule has 2 heterocycles. The number of amides is 1. The first-order valence-electron chi connectivity index (χ1n) is 10.7. The minimum absolute atomic E-state index is 0.107. The number of para-hydroxylation sites is 1. The van der Waals surface area contributed by atoms with Crippen LogP contribution in [0.25, 0.3) is 5.70 Å². The lowest BCUT2D eigenvalue weighted by molar-refractivity contribution is 0.0948. The van der Waals surface area contributed by atoms with E-state index in [0.29, 0.717) is 40.2 Å². The maximum absolute atomic E-state index is 12.6. The minimum atomic E-state index is -0.270. The van der Waals surface area contributed by atoms with Gasteiger partial charge in [-0.05, 0) is 46.5 Å². The molecule has 8 nitrogen and oxygen atoms in total. The SMILES string of the molecule is C=C(Nc1n[nH]c(C(=O)NCCc2ccc(C3=NCCCN3)cc2)c1Br)c1ccccc1O. The molecule has 0 radical (unpaired) electrons. The summed E-state index contributed by atoms with van der Waals surface area (Å²) in [6, 6.07) is 15.1. The van der Waals surface area contributed by atoms with Gasteiger partial charge in [0.15, 0.2) is 5.82 Å². The summed E-state index contributed by atoms with van der Waals surface area (Å²) in [5, 5.41) is 26.1. The number of carbonyl (C=O) groups excluding carboxylic acids is 1. The van der Waals surface area contributed by atoms with Gasteiger partial charge in [0.05, 0.1) is 4.47 Å². The second-order valence-electron chi connectivity index (χ2n) is 7.60. The van der Waals surface area contributed by atoms with E-state index in [1.165, 1.54) is 0 Å². The lowest BCUT2D eigenvalue weighted by Gasteiger charge is -2.14. The third-order valence-electron chi connectivity index (χ3n) is 5.26. The molecule has 0 spiro atoms. The molecule has 1 amide bonds. The number of phenols is 1. The Morgan fingerprint density at radius 1 is 1.18 bits per heavy atom. The first-order chi connectivity index (χ1) is 16.0. The van der Waals surface area contributed by atoms with E-state index in [4.69, 9.17) is 0 Å². The highest BCUT2D eigenvalue weighted by Crippen LogP contribution is 2.29. The number of aromatic hydroxyl groups is 1. The molecule has 170 valence electrons. The maximum Gasteiger partial charge on any atom is 0.270 e. The lowest BCUT2D eigenvalue weighted by Crippen LogP contribution is -2.30. The number of aromatic nitrogens is 2. The Morgan fingerprint density at radius 3 is 2.70 bits per heavy atom. The zero-order valence-electron chi connectivity index (χ0n) is 18.0. The van der Waals surface area contributed by atoms with Gasteiger partial charge in [0.2, 0.25) is 0 Å². The average molecular weight is 509 g/mol. The largest absolute Gasteiger partial charge is 0.507 e. The zero-order chi connectivity index (χ0) is 23.2. The molecule has 4 rings (SSSR count). The van der Waals surface area contributed by atoms with Gasteiger partial charge in [0.25, 0.3) is 5.91 Å². The van der Waals surface area contributed by atoms with Crippen LogP contribution >= 0.6 is 15.9 Å². The van der Waals surface area contributed by atoms with Gasteiger partial charge >= 0.3 is 0 Å². The number of halogens is 1. The molecular formula is C24H25BrN6O2. The van der Waals surface area contributed by atoms with Crippen molar-refractivity contribution in [3.05, 3.63) is 82.0 Å². The van der Waals surface area contributed by atoms with Gasteiger partial charge < -0.3 is 21.1 Å². The summed E-state index contributed by atoms with van der Waals surface area (Å²) in [5.74, 6) is 1.19. The first kappa shape index (κ1) is 22.6. The number of aliphatic imine (C=N–C) groups is 1. The van der Waals surface area contributed by atoms with Crippen molar-refractivity contribution in [2.24, 2.45) is 4.99 Å². The third kappa shape index (κ3) is 5.43. The van der Waals surface area contributed by atoms with Crippen molar-refractivity contribution >= 4 is 39.2 Å². The van der Waals surface area contributed by atoms with Crippen LogP contribution in [-0.2, 0) is 6.42 Å². The van der Waals surface area contributed by atoms with E-state index in [1.54, 1.807) is 24.3 Å². The summed E-state index contributed by atoms with van der Waals surface area (Å²) in [6.45, 7) is 6.23. The number of benzene rings is 2. The number of rotatable bonds is 8. The molecule has 0 bridgehead atoms. The van der Waals surface area contributed by atoms with Crippen molar-refractivity contribution in [1.29, 1.82) is 0 Å². The average Bonchev–Trinajstić information content (AvgIpc) is 3.20. The molecule has 33 heavy (non-hydrogen) atoms. The van der Waals surface area contributed by atoms with Gasteiger partial charge in [0.1, 0.15) is 17.3 Å². The third-order valence-corrected chi connectivity index (χ3v) is 6.03. The molecule has 3 aromatic rings. The summed E-state index contributed by atoms with van der Waals surface area (Å²) in [7, 11) is 0. The van der Waals surface area contributed by atoms with Gasteiger partial charge in [-0.1, -0.05) is 43.0 Å². The Balaban J connectivity index is 1.31. The predicted molar refractivity (Wildman–Crippen MR) is 134 cm³/mol. The van der Waals surface area contributed by atoms with E-state index in [9.17, 15) is 9.90 Å². The molecule has 2 aromatic carbocycles. The fourth-order valence-corrected chi connectivity index (χ4v) is 3.92. The topological polar surface area (TPSA) is 114 Å². The van der Waals surface area contributed by atoms with Crippen LogP contribution in [0, 0.1) is 0 Å². The van der Waals surface area contributed by atoms with Crippen molar-refractivity contribution in [2.45, 2.75) is 12.8 Å². The van der Waals surface area contributed by atoms with E-state index in [0.717, 1.165) is 36.5 Å². The Labute approximate surface area is 200 Å². The van der Waals surface area contributed by atoms with Crippen molar-refractivity contribution in [2.75, 3.05) is 25.0 Å². The predicted octanol–water partition coefficient (Wildman–Crippen LogP) is 3.67. The number of hydrogen-bond acceptors (Lipinski definition) is 6. The zero-order valence-corrected chi connectivity index (χ0v) is 19.6. The fraction of sp³-hybridized carbons (Fsp3) is 0.208. The monoisotopic (exact) mass is 508 g/mol. The van der Waals surface area contributed by atoms with Crippen LogP contribution in [0.15, 0.2) is 64.6 Å². The molecule has 0 fully saturated rings. The summed E-state index contributed by atoms with van der Waals surface area (Å²) in [6.07, 6.45) is 1.77.